The van der Waals surface area contributed by atoms with Gasteiger partial charge in [0, 0.05) is 27.2 Å². The summed E-state index contributed by atoms with van der Waals surface area (Å²) in [7, 11) is 3.37. The predicted molar refractivity (Wildman–Crippen MR) is 105 cm³/mol. The zero-order chi connectivity index (χ0) is 20.1. The van der Waals surface area contributed by atoms with Crippen LogP contribution < -0.4 is 0 Å². The molecule has 4 atom stereocenters. The first-order valence-electron chi connectivity index (χ1n) is 9.82. The summed E-state index contributed by atoms with van der Waals surface area (Å²) >= 11 is 0. The molecule has 6 nitrogen and oxygen atoms in total. The highest BCUT2D eigenvalue weighted by molar-refractivity contribution is 5.93. The lowest BCUT2D eigenvalue weighted by Crippen LogP contribution is -2.45. The number of ether oxygens (including phenoxy) is 2. The molecule has 0 radical (unpaired) electrons. The van der Waals surface area contributed by atoms with Gasteiger partial charge in [0.2, 0.25) is 11.8 Å². The highest BCUT2D eigenvalue weighted by atomic mass is 16.5. The van der Waals surface area contributed by atoms with Crippen LogP contribution in [0.5, 0.6) is 0 Å². The van der Waals surface area contributed by atoms with E-state index < -0.39 is 17.4 Å². The number of rotatable bonds is 6. The first kappa shape index (κ1) is 19.2. The van der Waals surface area contributed by atoms with Gasteiger partial charge >= 0.3 is 0 Å². The van der Waals surface area contributed by atoms with Crippen molar-refractivity contribution in [1.82, 2.24) is 9.80 Å². The van der Waals surface area contributed by atoms with Gasteiger partial charge < -0.3 is 19.3 Å². The lowest BCUT2D eigenvalue weighted by Gasteiger charge is -2.27. The molecule has 1 spiro atoms. The fourth-order valence-electron chi connectivity index (χ4n) is 4.71. The van der Waals surface area contributed by atoms with Crippen LogP contribution in [0.4, 0.5) is 0 Å². The molecule has 0 saturated carbocycles. The normalized spacial score (nSPS) is 30.2. The summed E-state index contributed by atoms with van der Waals surface area (Å²) in [6.45, 7) is 6.18. The van der Waals surface area contributed by atoms with E-state index >= 15 is 0 Å². The van der Waals surface area contributed by atoms with Crippen molar-refractivity contribution in [2.24, 2.45) is 11.8 Å². The Morgan fingerprint density at radius 1 is 1.36 bits per heavy atom. The highest BCUT2D eigenvalue weighted by Gasteiger charge is 2.67. The number of likely N-dealkylation sites (N-methyl/N-ethyl adjacent to an activating group) is 1. The number of hydrogen-bond donors (Lipinski definition) is 0. The molecule has 0 unspecified atom stereocenters. The van der Waals surface area contributed by atoms with Crippen LogP contribution in [0.15, 0.2) is 30.4 Å². The van der Waals surface area contributed by atoms with Gasteiger partial charge in [-0.05, 0) is 30.5 Å². The lowest BCUT2D eigenvalue weighted by atomic mass is 9.76. The maximum atomic E-state index is 13.3. The molecule has 2 amide bonds. The van der Waals surface area contributed by atoms with Gasteiger partial charge in [-0.3, -0.25) is 9.59 Å². The second kappa shape index (κ2) is 7.01. The average molecular weight is 384 g/mol. The number of likely N-dealkylation sites (tertiary alicyclic amines) is 1. The molecule has 6 heteroatoms. The third-order valence-corrected chi connectivity index (χ3v) is 6.42. The van der Waals surface area contributed by atoms with Crippen LogP contribution in [0.25, 0.3) is 0 Å². The highest BCUT2D eigenvalue weighted by Crippen LogP contribution is 2.52. The maximum absolute atomic E-state index is 13.3. The van der Waals surface area contributed by atoms with E-state index in [0.717, 1.165) is 5.56 Å². The Morgan fingerprint density at radius 2 is 2.14 bits per heavy atom. The van der Waals surface area contributed by atoms with Gasteiger partial charge in [-0.1, -0.05) is 30.4 Å². The van der Waals surface area contributed by atoms with E-state index in [0.29, 0.717) is 26.2 Å². The van der Waals surface area contributed by atoms with Crippen LogP contribution in [0.3, 0.4) is 0 Å². The van der Waals surface area contributed by atoms with Gasteiger partial charge in [0.05, 0.1) is 31.1 Å². The first-order valence-corrected chi connectivity index (χ1v) is 9.82. The molecular weight excluding hydrogens is 356 g/mol. The smallest absolute Gasteiger partial charge is 0.230 e. The van der Waals surface area contributed by atoms with Crippen LogP contribution in [0.2, 0.25) is 0 Å². The van der Waals surface area contributed by atoms with Crippen molar-refractivity contribution in [3.05, 3.63) is 47.0 Å². The number of fused-ring (bicyclic) bond motifs is 1. The summed E-state index contributed by atoms with van der Waals surface area (Å²) in [5.41, 5.74) is 2.89. The van der Waals surface area contributed by atoms with E-state index in [1.807, 2.05) is 17.1 Å². The molecule has 0 aliphatic carbocycles. The van der Waals surface area contributed by atoms with Crippen molar-refractivity contribution >= 4 is 11.8 Å². The molecule has 150 valence electrons. The lowest BCUT2D eigenvalue weighted by molar-refractivity contribution is -0.142. The van der Waals surface area contributed by atoms with Crippen molar-refractivity contribution in [2.45, 2.75) is 32.1 Å². The fourth-order valence-corrected chi connectivity index (χ4v) is 4.71. The minimum absolute atomic E-state index is 0.0172. The van der Waals surface area contributed by atoms with E-state index in [1.165, 1.54) is 11.1 Å². The van der Waals surface area contributed by atoms with E-state index in [-0.39, 0.29) is 17.9 Å². The molecular formula is C22H28N2O4. The molecule has 1 aromatic rings. The number of benzene rings is 1. The van der Waals surface area contributed by atoms with Crippen molar-refractivity contribution in [2.75, 3.05) is 33.9 Å². The largest absolute Gasteiger partial charge is 0.383 e. The van der Waals surface area contributed by atoms with E-state index in [9.17, 15) is 9.59 Å². The molecule has 3 aliphatic rings. The van der Waals surface area contributed by atoms with Crippen LogP contribution >= 0.6 is 0 Å². The number of methoxy groups -OCH3 is 1. The number of aryl methyl sites for hydroxylation is 2. The van der Waals surface area contributed by atoms with Crippen LogP contribution in [-0.4, -0.2) is 67.2 Å². The number of carbonyl (C=O) groups excluding carboxylic acids is 2. The third-order valence-electron chi connectivity index (χ3n) is 6.42. The third kappa shape index (κ3) is 2.95. The first-order chi connectivity index (χ1) is 13.4. The van der Waals surface area contributed by atoms with Gasteiger partial charge in [0.15, 0.2) is 0 Å². The van der Waals surface area contributed by atoms with Crippen LogP contribution in [-0.2, 0) is 25.6 Å². The Kier molecular flexibility index (Phi) is 4.79. The van der Waals surface area contributed by atoms with Gasteiger partial charge in [-0.2, -0.15) is 0 Å². The molecule has 0 aromatic heterocycles. The number of hydrogen-bond acceptors (Lipinski definition) is 4. The maximum Gasteiger partial charge on any atom is 0.230 e. The van der Waals surface area contributed by atoms with Crippen molar-refractivity contribution in [1.29, 1.82) is 0 Å². The molecule has 2 saturated heterocycles. The van der Waals surface area contributed by atoms with Crippen LogP contribution in [0, 0.1) is 25.7 Å². The van der Waals surface area contributed by atoms with Crippen molar-refractivity contribution < 1.29 is 19.1 Å². The number of amides is 2. The zero-order valence-corrected chi connectivity index (χ0v) is 17.0. The standard InChI is InChI=1S/C22H28N2O4/c1-14-5-6-16(11-15(14)2)12-24-13-22-8-7-17(28-22)18(19(22)21(24)26)20(25)23(3)9-10-27-4/h5-8,11,17-19H,9-10,12-13H2,1-4H3/t17-,18-,19+,22-/m0/s1. The van der Waals surface area contributed by atoms with Gasteiger partial charge in [-0.25, -0.2) is 0 Å². The van der Waals surface area contributed by atoms with Gasteiger partial charge in [-0.15, -0.1) is 0 Å². The Bertz CT molecular complexity index is 836. The minimum Gasteiger partial charge on any atom is -0.383 e. The van der Waals surface area contributed by atoms with E-state index in [1.54, 1.807) is 19.1 Å². The summed E-state index contributed by atoms with van der Waals surface area (Å²) in [6, 6.07) is 6.28. The molecule has 28 heavy (non-hydrogen) atoms. The van der Waals surface area contributed by atoms with E-state index in [4.69, 9.17) is 9.47 Å². The van der Waals surface area contributed by atoms with Crippen molar-refractivity contribution in [3.63, 3.8) is 0 Å². The number of nitrogens with zero attached hydrogens (tertiary/aromatic N) is 2. The molecule has 2 fully saturated rings. The second-order valence-corrected chi connectivity index (χ2v) is 8.27. The number of carbonyl (C=O) groups is 2. The average Bonchev–Trinajstić information content (AvgIpc) is 3.30. The van der Waals surface area contributed by atoms with Crippen molar-refractivity contribution in [3.8, 4) is 0 Å². The van der Waals surface area contributed by atoms with Crippen LogP contribution in [0.1, 0.15) is 16.7 Å². The summed E-state index contributed by atoms with van der Waals surface area (Å²) in [5, 5.41) is 0. The second-order valence-electron chi connectivity index (χ2n) is 8.27. The minimum atomic E-state index is -0.663. The fraction of sp³-hybridized carbons (Fsp3) is 0.545. The molecule has 4 rings (SSSR count). The molecule has 2 bridgehead atoms. The Labute approximate surface area is 166 Å². The zero-order valence-electron chi connectivity index (χ0n) is 17.0. The molecule has 0 N–H and O–H groups in total. The Morgan fingerprint density at radius 3 is 2.86 bits per heavy atom. The summed E-state index contributed by atoms with van der Waals surface area (Å²) in [4.78, 5) is 29.8. The molecule has 3 aliphatic heterocycles. The monoisotopic (exact) mass is 384 g/mol. The van der Waals surface area contributed by atoms with Gasteiger partial charge in [0.1, 0.15) is 5.60 Å². The Balaban J connectivity index is 1.54. The topological polar surface area (TPSA) is 59.1 Å². The quantitative estimate of drug-likeness (QED) is 0.701. The summed E-state index contributed by atoms with van der Waals surface area (Å²) < 4.78 is 11.3. The molecule has 3 heterocycles. The Hall–Kier alpha value is -2.18. The summed E-state index contributed by atoms with van der Waals surface area (Å²) in [5.74, 6) is -0.918. The SMILES string of the molecule is COCCN(C)C(=O)[C@H]1[C@@H]2C=C[C@@]3(CN(Cc4ccc(C)c(C)c4)C(=O)[C@@H]13)O2. The molecule has 1 aromatic carbocycles. The van der Waals surface area contributed by atoms with E-state index in [2.05, 4.69) is 32.0 Å². The van der Waals surface area contributed by atoms with Gasteiger partial charge in [0.25, 0.3) is 0 Å². The summed E-state index contributed by atoms with van der Waals surface area (Å²) in [6.07, 6.45) is 3.64. The predicted octanol–water partition coefficient (Wildman–Crippen LogP) is 1.69.